The van der Waals surface area contributed by atoms with E-state index in [2.05, 4.69) is 34.6 Å². The van der Waals surface area contributed by atoms with Crippen LogP contribution >= 0.6 is 23.1 Å². The number of anilines is 2. The third-order valence-electron chi connectivity index (χ3n) is 3.35. The molecule has 1 heterocycles. The Morgan fingerprint density at radius 3 is 2.44 bits per heavy atom. The monoisotopic (exact) mass is 373 g/mol. The summed E-state index contributed by atoms with van der Waals surface area (Å²) >= 11 is 3.18. The molecule has 5 nitrogen and oxygen atoms in total. The van der Waals surface area contributed by atoms with E-state index < -0.39 is 0 Å². The summed E-state index contributed by atoms with van der Waals surface area (Å²) in [5.41, 5.74) is 2.25. The highest BCUT2D eigenvalue weighted by Crippen LogP contribution is 2.27. The number of hydrogen-bond donors (Lipinski definition) is 1. The van der Waals surface area contributed by atoms with Crippen molar-refractivity contribution in [3.8, 4) is 11.5 Å². The van der Waals surface area contributed by atoms with Gasteiger partial charge in [0.2, 0.25) is 5.13 Å². The lowest BCUT2D eigenvalue weighted by molar-refractivity contribution is 0.342. The molecule has 0 bridgehead atoms. The van der Waals surface area contributed by atoms with Gasteiger partial charge in [0.15, 0.2) is 4.34 Å². The van der Waals surface area contributed by atoms with Crippen molar-refractivity contribution >= 4 is 33.9 Å². The van der Waals surface area contributed by atoms with E-state index in [9.17, 15) is 0 Å². The van der Waals surface area contributed by atoms with Crippen LogP contribution in [0.25, 0.3) is 0 Å². The van der Waals surface area contributed by atoms with Gasteiger partial charge in [0.25, 0.3) is 0 Å². The molecule has 0 saturated heterocycles. The Balaban J connectivity index is 1.42. The average molecular weight is 374 g/mol. The van der Waals surface area contributed by atoms with Gasteiger partial charge in [-0.25, -0.2) is 0 Å². The number of methoxy groups -OCH3 is 1. The van der Waals surface area contributed by atoms with Crippen molar-refractivity contribution in [3.63, 3.8) is 0 Å². The summed E-state index contributed by atoms with van der Waals surface area (Å²) < 4.78 is 11.8. The molecule has 3 aromatic rings. The molecule has 3 rings (SSSR count). The Morgan fingerprint density at radius 2 is 1.72 bits per heavy atom. The predicted octanol–water partition coefficient (Wildman–Crippen LogP) is 4.77. The number of nitrogens with zero attached hydrogens (tertiary/aromatic N) is 2. The van der Waals surface area contributed by atoms with Gasteiger partial charge in [-0.3, -0.25) is 0 Å². The first-order chi connectivity index (χ1) is 12.2. The second-order valence-electron chi connectivity index (χ2n) is 5.24. The van der Waals surface area contributed by atoms with Gasteiger partial charge in [0, 0.05) is 11.4 Å². The molecule has 0 saturated carbocycles. The fourth-order valence-electron chi connectivity index (χ4n) is 2.04. The SMILES string of the molecule is COc1ccc(OCCSc2nnc(Nc3ccc(C)cc3)s2)cc1. The standard InChI is InChI=1S/C18H19N3O2S2/c1-13-3-5-14(6-4-13)19-17-20-21-18(25-17)24-12-11-23-16-9-7-15(22-2)8-10-16/h3-10H,11-12H2,1-2H3,(H,19,20). The first kappa shape index (κ1) is 17.6. The normalized spacial score (nSPS) is 10.5. The average Bonchev–Trinajstić information content (AvgIpc) is 3.08. The van der Waals surface area contributed by atoms with E-state index in [1.165, 1.54) is 5.56 Å². The topological polar surface area (TPSA) is 56.3 Å². The zero-order valence-electron chi connectivity index (χ0n) is 14.1. The van der Waals surface area contributed by atoms with E-state index in [0.717, 1.165) is 32.4 Å². The molecule has 0 unspecified atom stereocenters. The molecule has 25 heavy (non-hydrogen) atoms. The molecular weight excluding hydrogens is 354 g/mol. The molecule has 0 aliphatic rings. The Hall–Kier alpha value is -2.25. The summed E-state index contributed by atoms with van der Waals surface area (Å²) in [7, 11) is 1.65. The molecule has 0 aliphatic carbocycles. The maximum Gasteiger partial charge on any atom is 0.210 e. The lowest BCUT2D eigenvalue weighted by atomic mass is 10.2. The minimum atomic E-state index is 0.608. The van der Waals surface area contributed by atoms with Gasteiger partial charge in [-0.15, -0.1) is 10.2 Å². The Bertz CT molecular complexity index is 789. The minimum absolute atomic E-state index is 0.608. The number of nitrogens with one attached hydrogen (secondary N) is 1. The third-order valence-corrected chi connectivity index (χ3v) is 5.28. The van der Waals surface area contributed by atoms with Gasteiger partial charge in [0.05, 0.1) is 13.7 Å². The summed E-state index contributed by atoms with van der Waals surface area (Å²) in [6, 6.07) is 15.8. The van der Waals surface area contributed by atoms with Crippen LogP contribution in [0.15, 0.2) is 52.9 Å². The number of ether oxygens (including phenoxy) is 2. The predicted molar refractivity (Wildman–Crippen MR) is 104 cm³/mol. The third kappa shape index (κ3) is 5.37. The van der Waals surface area contributed by atoms with Crippen LogP contribution in [-0.2, 0) is 0 Å². The molecule has 130 valence electrons. The Kier molecular flexibility index (Phi) is 6.14. The summed E-state index contributed by atoms with van der Waals surface area (Å²) in [6.07, 6.45) is 0. The number of rotatable bonds is 8. The van der Waals surface area contributed by atoms with Crippen LogP contribution in [0.2, 0.25) is 0 Å². The number of hydrogen-bond acceptors (Lipinski definition) is 7. The van der Waals surface area contributed by atoms with Gasteiger partial charge >= 0.3 is 0 Å². The first-order valence-corrected chi connectivity index (χ1v) is 9.60. The van der Waals surface area contributed by atoms with Crippen LogP contribution < -0.4 is 14.8 Å². The van der Waals surface area contributed by atoms with Crippen molar-refractivity contribution in [2.24, 2.45) is 0 Å². The van der Waals surface area contributed by atoms with E-state index in [1.54, 1.807) is 30.2 Å². The maximum atomic E-state index is 5.71. The van der Waals surface area contributed by atoms with Crippen molar-refractivity contribution in [3.05, 3.63) is 54.1 Å². The quantitative estimate of drug-likeness (QED) is 0.453. The van der Waals surface area contributed by atoms with Crippen LogP contribution in [0.4, 0.5) is 10.8 Å². The Morgan fingerprint density at radius 1 is 1.00 bits per heavy atom. The molecule has 7 heteroatoms. The number of aryl methyl sites for hydroxylation is 1. The zero-order chi connectivity index (χ0) is 17.5. The van der Waals surface area contributed by atoms with Crippen LogP contribution in [-0.4, -0.2) is 29.7 Å². The van der Waals surface area contributed by atoms with Crippen LogP contribution in [0.5, 0.6) is 11.5 Å². The second-order valence-corrected chi connectivity index (χ2v) is 7.56. The molecule has 0 amide bonds. The molecule has 0 aliphatic heterocycles. The van der Waals surface area contributed by atoms with Crippen molar-refractivity contribution < 1.29 is 9.47 Å². The fraction of sp³-hybridized carbons (Fsp3) is 0.222. The number of aromatic nitrogens is 2. The summed E-state index contributed by atoms with van der Waals surface area (Å²) in [6.45, 7) is 2.68. The van der Waals surface area contributed by atoms with Gasteiger partial charge in [-0.2, -0.15) is 0 Å². The molecule has 1 N–H and O–H groups in total. The fourth-order valence-corrected chi connectivity index (χ4v) is 3.70. The summed E-state index contributed by atoms with van der Waals surface area (Å²) in [5.74, 6) is 2.47. The maximum absolute atomic E-state index is 5.71. The van der Waals surface area contributed by atoms with E-state index in [-0.39, 0.29) is 0 Å². The molecule has 0 spiro atoms. The van der Waals surface area contributed by atoms with E-state index in [0.29, 0.717) is 6.61 Å². The van der Waals surface area contributed by atoms with Gasteiger partial charge in [-0.1, -0.05) is 40.8 Å². The van der Waals surface area contributed by atoms with Gasteiger partial charge < -0.3 is 14.8 Å². The van der Waals surface area contributed by atoms with Crippen LogP contribution in [0.3, 0.4) is 0 Å². The van der Waals surface area contributed by atoms with Gasteiger partial charge in [0.1, 0.15) is 11.5 Å². The van der Waals surface area contributed by atoms with E-state index >= 15 is 0 Å². The highest BCUT2D eigenvalue weighted by molar-refractivity contribution is 8.01. The summed E-state index contributed by atoms with van der Waals surface area (Å²) in [4.78, 5) is 0. The zero-order valence-corrected chi connectivity index (χ0v) is 15.7. The Labute approximate surface area is 155 Å². The van der Waals surface area contributed by atoms with Crippen molar-refractivity contribution in [2.75, 3.05) is 24.8 Å². The molecule has 0 fully saturated rings. The highest BCUT2D eigenvalue weighted by atomic mass is 32.2. The number of benzene rings is 2. The number of thioether (sulfide) groups is 1. The van der Waals surface area contributed by atoms with E-state index in [4.69, 9.17) is 9.47 Å². The molecular formula is C18H19N3O2S2. The largest absolute Gasteiger partial charge is 0.497 e. The first-order valence-electron chi connectivity index (χ1n) is 7.80. The van der Waals surface area contributed by atoms with Crippen LogP contribution in [0.1, 0.15) is 5.56 Å². The van der Waals surface area contributed by atoms with Gasteiger partial charge in [-0.05, 0) is 43.3 Å². The molecule has 1 aromatic heterocycles. The van der Waals surface area contributed by atoms with Crippen molar-refractivity contribution in [2.45, 2.75) is 11.3 Å². The highest BCUT2D eigenvalue weighted by Gasteiger charge is 2.05. The van der Waals surface area contributed by atoms with Crippen molar-refractivity contribution in [1.29, 1.82) is 0 Å². The van der Waals surface area contributed by atoms with Crippen LogP contribution in [0, 0.1) is 6.92 Å². The molecule has 2 aromatic carbocycles. The van der Waals surface area contributed by atoms with E-state index in [1.807, 2.05) is 36.4 Å². The smallest absolute Gasteiger partial charge is 0.210 e. The molecule has 0 atom stereocenters. The minimum Gasteiger partial charge on any atom is -0.497 e. The molecule has 0 radical (unpaired) electrons. The van der Waals surface area contributed by atoms with Crippen molar-refractivity contribution in [1.82, 2.24) is 10.2 Å². The second kappa shape index (κ2) is 8.73. The lowest BCUT2D eigenvalue weighted by Crippen LogP contribution is -1.99. The lowest BCUT2D eigenvalue weighted by Gasteiger charge is -2.05. The summed E-state index contributed by atoms with van der Waals surface area (Å²) in [5, 5.41) is 12.4.